The minimum absolute atomic E-state index is 0.293. The molecule has 2 aromatic rings. The average Bonchev–Trinajstić information content (AvgIpc) is 2.32. The first-order chi connectivity index (χ1) is 7.75. The molecule has 0 saturated heterocycles. The Hall–Kier alpha value is -1.77. The molecule has 3 heteroatoms. The second-order valence-corrected chi connectivity index (χ2v) is 3.08. The van der Waals surface area contributed by atoms with Crippen molar-refractivity contribution < 1.29 is 4.39 Å². The number of hydrogen-bond donors (Lipinski definition) is 0. The number of halogens is 1. The standard InChI is InChI=1S/C11H9FN2.C2H6/c1-8-2-4-13-10(6-8)11-7-9(12)3-5-14-11;1-2/h2-7H,1H3;1-2H3. The van der Waals surface area contributed by atoms with Crippen LogP contribution in [-0.4, -0.2) is 9.97 Å². The molecule has 84 valence electrons. The molecule has 0 radical (unpaired) electrons. The van der Waals surface area contributed by atoms with Crippen LogP contribution >= 0.6 is 0 Å². The van der Waals surface area contributed by atoms with Crippen LogP contribution in [0.15, 0.2) is 36.7 Å². The number of rotatable bonds is 1. The maximum Gasteiger partial charge on any atom is 0.126 e. The summed E-state index contributed by atoms with van der Waals surface area (Å²) in [6.45, 7) is 5.96. The Kier molecular flexibility index (Phi) is 4.58. The van der Waals surface area contributed by atoms with Gasteiger partial charge in [-0.1, -0.05) is 13.8 Å². The fourth-order valence-electron chi connectivity index (χ4n) is 1.22. The van der Waals surface area contributed by atoms with E-state index in [2.05, 4.69) is 9.97 Å². The highest BCUT2D eigenvalue weighted by Gasteiger charge is 2.01. The number of nitrogens with zero attached hydrogens (tertiary/aromatic N) is 2. The molecule has 2 heterocycles. The Bertz CT molecular complexity index is 412. The maximum absolute atomic E-state index is 12.9. The summed E-state index contributed by atoms with van der Waals surface area (Å²) in [5, 5.41) is 0. The molecule has 16 heavy (non-hydrogen) atoms. The quantitative estimate of drug-likeness (QED) is 0.730. The first kappa shape index (κ1) is 12.3. The van der Waals surface area contributed by atoms with Gasteiger partial charge in [-0.25, -0.2) is 4.39 Å². The van der Waals surface area contributed by atoms with Crippen LogP contribution in [0.5, 0.6) is 0 Å². The van der Waals surface area contributed by atoms with Gasteiger partial charge in [0.05, 0.1) is 11.4 Å². The molecule has 0 atom stereocenters. The van der Waals surface area contributed by atoms with Gasteiger partial charge in [0.15, 0.2) is 0 Å². The molecule has 2 aromatic heterocycles. The summed E-state index contributed by atoms with van der Waals surface area (Å²) in [4.78, 5) is 8.17. The summed E-state index contributed by atoms with van der Waals surface area (Å²) >= 11 is 0. The SMILES string of the molecule is CC.Cc1ccnc(-c2cc(F)ccn2)c1. The molecule has 0 aliphatic carbocycles. The summed E-state index contributed by atoms with van der Waals surface area (Å²) in [6.07, 6.45) is 3.13. The molecule has 0 bridgehead atoms. The van der Waals surface area contributed by atoms with Crippen LogP contribution in [0.2, 0.25) is 0 Å². The van der Waals surface area contributed by atoms with E-state index in [1.807, 2.05) is 32.9 Å². The van der Waals surface area contributed by atoms with Crippen LogP contribution in [-0.2, 0) is 0 Å². The lowest BCUT2D eigenvalue weighted by Crippen LogP contribution is -1.88. The Balaban J connectivity index is 0.000000606. The molecule has 0 aliphatic rings. The Labute approximate surface area is 95.2 Å². The molecular formula is C13H15FN2. The first-order valence-electron chi connectivity index (χ1n) is 5.30. The lowest BCUT2D eigenvalue weighted by Gasteiger charge is -2.00. The highest BCUT2D eigenvalue weighted by molar-refractivity contribution is 5.54. The van der Waals surface area contributed by atoms with Crippen LogP contribution in [0.1, 0.15) is 19.4 Å². The lowest BCUT2D eigenvalue weighted by atomic mass is 10.2. The fraction of sp³-hybridized carbons (Fsp3) is 0.231. The van der Waals surface area contributed by atoms with Gasteiger partial charge in [0.1, 0.15) is 5.82 Å². The number of pyridine rings is 2. The molecule has 2 nitrogen and oxygen atoms in total. The van der Waals surface area contributed by atoms with Gasteiger partial charge in [0.2, 0.25) is 0 Å². The molecule has 0 fully saturated rings. The third-order valence-electron chi connectivity index (χ3n) is 1.90. The van der Waals surface area contributed by atoms with Crippen molar-refractivity contribution in [2.75, 3.05) is 0 Å². The minimum Gasteiger partial charge on any atom is -0.255 e. The van der Waals surface area contributed by atoms with Crippen molar-refractivity contribution in [3.8, 4) is 11.4 Å². The Morgan fingerprint density at radius 1 is 0.938 bits per heavy atom. The lowest BCUT2D eigenvalue weighted by molar-refractivity contribution is 0.626. The Morgan fingerprint density at radius 2 is 1.50 bits per heavy atom. The van der Waals surface area contributed by atoms with Gasteiger partial charge in [-0.2, -0.15) is 0 Å². The number of hydrogen-bond acceptors (Lipinski definition) is 2. The van der Waals surface area contributed by atoms with Crippen molar-refractivity contribution in [2.24, 2.45) is 0 Å². The predicted octanol–water partition coefficient (Wildman–Crippen LogP) is 3.62. The van der Waals surface area contributed by atoms with Crippen molar-refractivity contribution in [3.63, 3.8) is 0 Å². The fourth-order valence-corrected chi connectivity index (χ4v) is 1.22. The van der Waals surface area contributed by atoms with Crippen LogP contribution in [0.3, 0.4) is 0 Å². The molecular weight excluding hydrogens is 203 g/mol. The zero-order chi connectivity index (χ0) is 12.0. The molecule has 0 unspecified atom stereocenters. The summed E-state index contributed by atoms with van der Waals surface area (Å²) in [5.41, 5.74) is 2.35. The van der Waals surface area contributed by atoms with E-state index in [4.69, 9.17) is 0 Å². The van der Waals surface area contributed by atoms with Gasteiger partial charge < -0.3 is 0 Å². The van der Waals surface area contributed by atoms with E-state index in [0.29, 0.717) is 11.4 Å². The van der Waals surface area contributed by atoms with E-state index in [1.54, 1.807) is 6.20 Å². The predicted molar refractivity (Wildman–Crippen MR) is 63.5 cm³/mol. The van der Waals surface area contributed by atoms with Gasteiger partial charge in [-0.15, -0.1) is 0 Å². The third-order valence-corrected chi connectivity index (χ3v) is 1.90. The average molecular weight is 218 g/mol. The molecule has 0 saturated carbocycles. The Morgan fingerprint density at radius 3 is 2.06 bits per heavy atom. The molecule has 2 rings (SSSR count). The second-order valence-electron chi connectivity index (χ2n) is 3.08. The van der Waals surface area contributed by atoms with E-state index in [1.165, 1.54) is 18.3 Å². The van der Waals surface area contributed by atoms with Crippen LogP contribution in [0.4, 0.5) is 4.39 Å². The van der Waals surface area contributed by atoms with Gasteiger partial charge in [-0.05, 0) is 30.7 Å². The largest absolute Gasteiger partial charge is 0.255 e. The van der Waals surface area contributed by atoms with Crippen molar-refractivity contribution in [2.45, 2.75) is 20.8 Å². The van der Waals surface area contributed by atoms with Gasteiger partial charge in [0, 0.05) is 18.5 Å². The molecule has 0 N–H and O–H groups in total. The summed E-state index contributed by atoms with van der Waals surface area (Å²) in [5.74, 6) is -0.293. The monoisotopic (exact) mass is 218 g/mol. The van der Waals surface area contributed by atoms with Crippen LogP contribution in [0.25, 0.3) is 11.4 Å². The maximum atomic E-state index is 12.9. The first-order valence-corrected chi connectivity index (χ1v) is 5.30. The van der Waals surface area contributed by atoms with E-state index >= 15 is 0 Å². The number of aryl methyl sites for hydroxylation is 1. The van der Waals surface area contributed by atoms with Gasteiger partial charge in [0.25, 0.3) is 0 Å². The zero-order valence-electron chi connectivity index (χ0n) is 9.74. The van der Waals surface area contributed by atoms with Crippen molar-refractivity contribution >= 4 is 0 Å². The van der Waals surface area contributed by atoms with Crippen molar-refractivity contribution in [1.29, 1.82) is 0 Å². The van der Waals surface area contributed by atoms with E-state index in [9.17, 15) is 4.39 Å². The molecule has 0 aromatic carbocycles. The van der Waals surface area contributed by atoms with Crippen LogP contribution in [0, 0.1) is 12.7 Å². The highest BCUT2D eigenvalue weighted by Crippen LogP contribution is 2.15. The van der Waals surface area contributed by atoms with E-state index in [-0.39, 0.29) is 5.82 Å². The molecule has 0 amide bonds. The zero-order valence-corrected chi connectivity index (χ0v) is 9.74. The molecule has 0 aliphatic heterocycles. The topological polar surface area (TPSA) is 25.8 Å². The van der Waals surface area contributed by atoms with Gasteiger partial charge >= 0.3 is 0 Å². The minimum atomic E-state index is -0.293. The van der Waals surface area contributed by atoms with Crippen LogP contribution < -0.4 is 0 Å². The van der Waals surface area contributed by atoms with Crippen molar-refractivity contribution in [1.82, 2.24) is 9.97 Å². The van der Waals surface area contributed by atoms with E-state index < -0.39 is 0 Å². The normalized spacial score (nSPS) is 9.25. The molecule has 0 spiro atoms. The highest BCUT2D eigenvalue weighted by atomic mass is 19.1. The second kappa shape index (κ2) is 5.95. The van der Waals surface area contributed by atoms with Crippen molar-refractivity contribution in [3.05, 3.63) is 48.0 Å². The smallest absolute Gasteiger partial charge is 0.126 e. The summed E-state index contributed by atoms with van der Waals surface area (Å²) < 4.78 is 12.9. The summed E-state index contributed by atoms with van der Waals surface area (Å²) in [6, 6.07) is 6.46. The third kappa shape index (κ3) is 3.12. The summed E-state index contributed by atoms with van der Waals surface area (Å²) in [7, 11) is 0. The van der Waals surface area contributed by atoms with E-state index in [0.717, 1.165) is 5.56 Å². The van der Waals surface area contributed by atoms with Gasteiger partial charge in [-0.3, -0.25) is 9.97 Å². The number of aromatic nitrogens is 2.